The molecule has 18 heavy (non-hydrogen) atoms. The van der Waals surface area contributed by atoms with Crippen molar-refractivity contribution in [3.8, 4) is 0 Å². The van der Waals surface area contributed by atoms with E-state index >= 15 is 0 Å². The average molecular weight is 252 g/mol. The summed E-state index contributed by atoms with van der Waals surface area (Å²) in [6.45, 7) is 13.3. The third-order valence-electron chi connectivity index (χ3n) is 5.01. The van der Waals surface area contributed by atoms with Gasteiger partial charge in [0.05, 0.1) is 0 Å². The first-order valence-electron chi connectivity index (χ1n) is 7.96. The average Bonchev–Trinajstić information content (AvgIpc) is 2.54. The number of nitrogens with zero attached hydrogens (tertiary/aromatic N) is 1. The van der Waals surface area contributed by atoms with E-state index in [0.717, 1.165) is 12.0 Å². The van der Waals surface area contributed by atoms with E-state index in [2.05, 4.69) is 37.9 Å². The summed E-state index contributed by atoms with van der Waals surface area (Å²) >= 11 is 0. The Morgan fingerprint density at radius 2 is 1.78 bits per heavy atom. The third-order valence-corrected chi connectivity index (χ3v) is 5.01. The summed E-state index contributed by atoms with van der Waals surface area (Å²) in [4.78, 5) is 2.81. The molecule has 1 saturated carbocycles. The number of hydrogen-bond acceptors (Lipinski definition) is 2. The lowest BCUT2D eigenvalue weighted by Crippen LogP contribution is -2.50. The Balaban J connectivity index is 2.02. The minimum absolute atomic E-state index is 0.375. The predicted octanol–water partition coefficient (Wildman–Crippen LogP) is 3.28. The first kappa shape index (κ1) is 14.3. The highest BCUT2D eigenvalue weighted by Gasteiger charge is 2.33. The summed E-state index contributed by atoms with van der Waals surface area (Å²) in [6.07, 6.45) is 7.08. The molecule has 0 aromatic carbocycles. The summed E-state index contributed by atoms with van der Waals surface area (Å²) < 4.78 is 0. The topological polar surface area (TPSA) is 15.3 Å². The molecule has 0 bridgehead atoms. The van der Waals surface area contributed by atoms with Crippen molar-refractivity contribution in [3.63, 3.8) is 0 Å². The SMILES string of the molecule is CC1CCCCC1N1CCCNC(C(C)(C)C)C1. The Bertz CT molecular complexity index is 256. The third kappa shape index (κ3) is 3.48. The van der Waals surface area contributed by atoms with Crippen LogP contribution in [0.4, 0.5) is 0 Å². The van der Waals surface area contributed by atoms with Crippen LogP contribution in [0, 0.1) is 11.3 Å². The van der Waals surface area contributed by atoms with Gasteiger partial charge in [-0.2, -0.15) is 0 Å². The van der Waals surface area contributed by atoms with Crippen molar-refractivity contribution in [2.75, 3.05) is 19.6 Å². The summed E-state index contributed by atoms with van der Waals surface area (Å²) in [6, 6.07) is 1.50. The van der Waals surface area contributed by atoms with E-state index in [0.29, 0.717) is 11.5 Å². The molecular weight excluding hydrogens is 220 g/mol. The molecule has 1 aliphatic carbocycles. The van der Waals surface area contributed by atoms with Gasteiger partial charge in [0.25, 0.3) is 0 Å². The summed E-state index contributed by atoms with van der Waals surface area (Å²) in [5.41, 5.74) is 0.375. The Kier molecular flexibility index (Phi) is 4.71. The molecule has 0 radical (unpaired) electrons. The van der Waals surface area contributed by atoms with Crippen LogP contribution in [0.15, 0.2) is 0 Å². The van der Waals surface area contributed by atoms with Crippen molar-refractivity contribution < 1.29 is 0 Å². The minimum atomic E-state index is 0.375. The fourth-order valence-electron chi connectivity index (χ4n) is 3.67. The molecular formula is C16H32N2. The Labute approximate surface area is 114 Å². The van der Waals surface area contributed by atoms with Crippen molar-refractivity contribution in [2.24, 2.45) is 11.3 Å². The molecule has 0 amide bonds. The molecule has 2 aliphatic rings. The Morgan fingerprint density at radius 3 is 2.44 bits per heavy atom. The fraction of sp³-hybridized carbons (Fsp3) is 1.00. The first-order chi connectivity index (χ1) is 8.48. The predicted molar refractivity (Wildman–Crippen MR) is 78.9 cm³/mol. The summed E-state index contributed by atoms with van der Waals surface area (Å²) in [5.74, 6) is 0.900. The van der Waals surface area contributed by atoms with Gasteiger partial charge in [-0.05, 0) is 43.7 Å². The van der Waals surface area contributed by atoms with Gasteiger partial charge in [0.2, 0.25) is 0 Å². The number of rotatable bonds is 1. The van der Waals surface area contributed by atoms with Gasteiger partial charge in [0, 0.05) is 18.6 Å². The van der Waals surface area contributed by atoms with E-state index in [4.69, 9.17) is 0 Å². The second-order valence-corrected chi connectivity index (χ2v) is 7.55. The molecule has 1 N–H and O–H groups in total. The highest BCUT2D eigenvalue weighted by Crippen LogP contribution is 2.30. The van der Waals surface area contributed by atoms with Gasteiger partial charge in [-0.25, -0.2) is 0 Å². The summed E-state index contributed by atoms with van der Waals surface area (Å²) in [5, 5.41) is 3.76. The number of hydrogen-bond donors (Lipinski definition) is 1. The largest absolute Gasteiger partial charge is 0.312 e. The molecule has 0 aromatic rings. The van der Waals surface area contributed by atoms with Gasteiger partial charge in [0.15, 0.2) is 0 Å². The highest BCUT2D eigenvalue weighted by molar-refractivity contribution is 4.90. The van der Waals surface area contributed by atoms with Crippen LogP contribution in [0.1, 0.15) is 59.8 Å². The zero-order valence-corrected chi connectivity index (χ0v) is 12.8. The molecule has 2 heteroatoms. The molecule has 1 aliphatic heterocycles. The van der Waals surface area contributed by atoms with E-state index in [1.165, 1.54) is 51.7 Å². The van der Waals surface area contributed by atoms with Crippen LogP contribution in [0.2, 0.25) is 0 Å². The first-order valence-corrected chi connectivity index (χ1v) is 7.96. The van der Waals surface area contributed by atoms with Gasteiger partial charge in [-0.1, -0.05) is 40.5 Å². The van der Waals surface area contributed by atoms with Crippen LogP contribution in [0.3, 0.4) is 0 Å². The fourth-order valence-corrected chi connectivity index (χ4v) is 3.67. The van der Waals surface area contributed by atoms with Crippen LogP contribution >= 0.6 is 0 Å². The molecule has 2 rings (SSSR count). The lowest BCUT2D eigenvalue weighted by molar-refractivity contribution is 0.0930. The lowest BCUT2D eigenvalue weighted by atomic mass is 9.83. The van der Waals surface area contributed by atoms with Crippen molar-refractivity contribution in [1.82, 2.24) is 10.2 Å². The van der Waals surface area contributed by atoms with Gasteiger partial charge < -0.3 is 5.32 Å². The van der Waals surface area contributed by atoms with E-state index in [1.807, 2.05) is 0 Å². The van der Waals surface area contributed by atoms with Crippen LogP contribution in [0.5, 0.6) is 0 Å². The molecule has 2 fully saturated rings. The van der Waals surface area contributed by atoms with Gasteiger partial charge >= 0.3 is 0 Å². The second kappa shape index (κ2) is 5.92. The molecule has 3 atom stereocenters. The number of nitrogens with one attached hydrogen (secondary N) is 1. The Hall–Kier alpha value is -0.0800. The minimum Gasteiger partial charge on any atom is -0.312 e. The van der Waals surface area contributed by atoms with Crippen molar-refractivity contribution >= 4 is 0 Å². The summed E-state index contributed by atoms with van der Waals surface area (Å²) in [7, 11) is 0. The van der Waals surface area contributed by atoms with Gasteiger partial charge in [-0.3, -0.25) is 4.90 Å². The van der Waals surface area contributed by atoms with Gasteiger partial charge in [0.1, 0.15) is 0 Å². The van der Waals surface area contributed by atoms with E-state index in [9.17, 15) is 0 Å². The smallest absolute Gasteiger partial charge is 0.0243 e. The molecule has 0 spiro atoms. The van der Waals surface area contributed by atoms with Crippen molar-refractivity contribution in [2.45, 2.75) is 71.9 Å². The monoisotopic (exact) mass is 252 g/mol. The van der Waals surface area contributed by atoms with E-state index in [1.54, 1.807) is 0 Å². The molecule has 1 heterocycles. The molecule has 106 valence electrons. The standard InChI is InChI=1S/C16H32N2/c1-13-8-5-6-9-14(13)18-11-7-10-17-15(12-18)16(2,3)4/h13-15,17H,5-12H2,1-4H3. The molecule has 0 aromatic heterocycles. The van der Waals surface area contributed by atoms with Crippen LogP contribution in [0.25, 0.3) is 0 Å². The zero-order chi connectivity index (χ0) is 13.2. The van der Waals surface area contributed by atoms with E-state index < -0.39 is 0 Å². The van der Waals surface area contributed by atoms with Crippen LogP contribution in [-0.2, 0) is 0 Å². The maximum atomic E-state index is 3.76. The van der Waals surface area contributed by atoms with Crippen molar-refractivity contribution in [1.29, 1.82) is 0 Å². The van der Waals surface area contributed by atoms with Crippen molar-refractivity contribution in [3.05, 3.63) is 0 Å². The zero-order valence-electron chi connectivity index (χ0n) is 12.8. The van der Waals surface area contributed by atoms with Gasteiger partial charge in [-0.15, -0.1) is 0 Å². The highest BCUT2D eigenvalue weighted by atomic mass is 15.2. The van der Waals surface area contributed by atoms with Crippen LogP contribution < -0.4 is 5.32 Å². The second-order valence-electron chi connectivity index (χ2n) is 7.55. The lowest BCUT2D eigenvalue weighted by Gasteiger charge is -2.41. The maximum absolute atomic E-state index is 3.76. The maximum Gasteiger partial charge on any atom is 0.0243 e. The van der Waals surface area contributed by atoms with E-state index in [-0.39, 0.29) is 0 Å². The molecule has 1 saturated heterocycles. The quantitative estimate of drug-likeness (QED) is 0.770. The van der Waals surface area contributed by atoms with Crippen LogP contribution in [-0.4, -0.2) is 36.6 Å². The Morgan fingerprint density at radius 1 is 1.06 bits per heavy atom. The molecule has 3 unspecified atom stereocenters. The normalized spacial score (nSPS) is 36.3. The molecule has 2 nitrogen and oxygen atoms in total.